The summed E-state index contributed by atoms with van der Waals surface area (Å²) in [7, 11) is 0. The number of nitrogens with one attached hydrogen (secondary N) is 2. The predicted octanol–water partition coefficient (Wildman–Crippen LogP) is 1.35. The number of hydrogen-bond donors (Lipinski definition) is 3. The standard InChI is InChI=1S/C26H33N5O3/c27-18-23(32)29-11-5-13-31-16-14-30(15-17-31)12-4-10-28-22-9-3-8-21-24(22)26(34)20-7-2-1-6-19(20)25(21)33/h1-3,6-9,28H,4-5,10-18,27H2,(H,29,32). The van der Waals surface area contributed by atoms with Gasteiger partial charge in [0.1, 0.15) is 0 Å². The van der Waals surface area contributed by atoms with Crippen LogP contribution in [0.1, 0.15) is 44.7 Å². The van der Waals surface area contributed by atoms with Gasteiger partial charge in [-0.05, 0) is 32.0 Å². The lowest BCUT2D eigenvalue weighted by Crippen LogP contribution is -2.47. The topological polar surface area (TPSA) is 108 Å². The van der Waals surface area contributed by atoms with E-state index in [2.05, 4.69) is 20.4 Å². The molecule has 1 amide bonds. The number of piperazine rings is 1. The zero-order valence-electron chi connectivity index (χ0n) is 19.5. The van der Waals surface area contributed by atoms with Crippen molar-refractivity contribution in [2.24, 2.45) is 5.73 Å². The van der Waals surface area contributed by atoms with E-state index < -0.39 is 0 Å². The average Bonchev–Trinajstić information content (AvgIpc) is 2.88. The molecule has 0 spiro atoms. The number of nitrogens with two attached hydrogens (primary N) is 1. The molecule has 1 heterocycles. The number of carbonyl (C=O) groups is 3. The molecule has 0 aromatic heterocycles. The molecule has 2 aromatic rings. The van der Waals surface area contributed by atoms with Crippen molar-refractivity contribution in [3.63, 3.8) is 0 Å². The Labute approximate surface area is 200 Å². The van der Waals surface area contributed by atoms with E-state index in [4.69, 9.17) is 5.73 Å². The van der Waals surface area contributed by atoms with Crippen LogP contribution >= 0.6 is 0 Å². The van der Waals surface area contributed by atoms with Crippen LogP contribution in [0.5, 0.6) is 0 Å². The Morgan fingerprint density at radius 3 is 2.03 bits per heavy atom. The molecular weight excluding hydrogens is 430 g/mol. The molecule has 0 unspecified atom stereocenters. The van der Waals surface area contributed by atoms with Crippen LogP contribution in [0.4, 0.5) is 5.69 Å². The van der Waals surface area contributed by atoms with Crippen molar-refractivity contribution in [3.8, 4) is 0 Å². The minimum absolute atomic E-state index is 0.0443. The van der Waals surface area contributed by atoms with Gasteiger partial charge in [-0.25, -0.2) is 0 Å². The third-order valence-electron chi connectivity index (χ3n) is 6.54. The largest absolute Gasteiger partial charge is 0.384 e. The van der Waals surface area contributed by atoms with Gasteiger partial charge in [0.25, 0.3) is 0 Å². The Balaban J connectivity index is 1.21. The number of rotatable bonds is 10. The van der Waals surface area contributed by atoms with Crippen molar-refractivity contribution >= 4 is 23.2 Å². The molecule has 8 nitrogen and oxygen atoms in total. The fraction of sp³-hybridized carbons (Fsp3) is 0.423. The van der Waals surface area contributed by atoms with Gasteiger partial charge in [-0.15, -0.1) is 0 Å². The van der Waals surface area contributed by atoms with Crippen LogP contribution in [0, 0.1) is 0 Å². The van der Waals surface area contributed by atoms with Crippen molar-refractivity contribution in [1.29, 1.82) is 0 Å². The van der Waals surface area contributed by atoms with Crippen LogP contribution in [-0.4, -0.2) is 86.2 Å². The molecule has 4 N–H and O–H groups in total. The zero-order valence-corrected chi connectivity index (χ0v) is 19.5. The van der Waals surface area contributed by atoms with Gasteiger partial charge in [0, 0.05) is 61.6 Å². The monoisotopic (exact) mass is 463 g/mol. The fourth-order valence-corrected chi connectivity index (χ4v) is 4.66. The predicted molar refractivity (Wildman–Crippen MR) is 132 cm³/mol. The lowest BCUT2D eigenvalue weighted by Gasteiger charge is -2.34. The molecular formula is C26H33N5O3. The van der Waals surface area contributed by atoms with Gasteiger partial charge < -0.3 is 26.2 Å². The van der Waals surface area contributed by atoms with Crippen LogP contribution in [0.3, 0.4) is 0 Å². The van der Waals surface area contributed by atoms with Gasteiger partial charge in [0.2, 0.25) is 5.91 Å². The Bertz CT molecular complexity index is 1050. The summed E-state index contributed by atoms with van der Waals surface area (Å²) in [6, 6.07) is 12.5. The molecule has 180 valence electrons. The summed E-state index contributed by atoms with van der Waals surface area (Å²) in [6.07, 6.45) is 1.89. The minimum Gasteiger partial charge on any atom is -0.384 e. The van der Waals surface area contributed by atoms with E-state index in [0.29, 0.717) is 28.8 Å². The Kier molecular flexibility index (Phi) is 8.05. The van der Waals surface area contributed by atoms with Gasteiger partial charge in [0.05, 0.1) is 12.1 Å². The van der Waals surface area contributed by atoms with E-state index >= 15 is 0 Å². The minimum atomic E-state index is -0.102. The first-order chi connectivity index (χ1) is 16.6. The van der Waals surface area contributed by atoms with Crippen molar-refractivity contribution in [2.75, 3.05) is 64.2 Å². The van der Waals surface area contributed by atoms with Crippen LogP contribution in [0.25, 0.3) is 0 Å². The average molecular weight is 464 g/mol. The van der Waals surface area contributed by atoms with Crippen molar-refractivity contribution < 1.29 is 14.4 Å². The second-order valence-electron chi connectivity index (χ2n) is 8.80. The second-order valence-corrected chi connectivity index (χ2v) is 8.80. The summed E-state index contributed by atoms with van der Waals surface area (Å²) in [4.78, 5) is 42.0. The summed E-state index contributed by atoms with van der Waals surface area (Å²) >= 11 is 0. The number of nitrogens with zero attached hydrogens (tertiary/aromatic N) is 2. The van der Waals surface area contributed by atoms with Crippen LogP contribution < -0.4 is 16.4 Å². The molecule has 2 aliphatic rings. The normalized spacial score (nSPS) is 16.1. The Morgan fingerprint density at radius 2 is 1.38 bits per heavy atom. The van der Waals surface area contributed by atoms with Crippen LogP contribution in [-0.2, 0) is 4.79 Å². The maximum Gasteiger partial charge on any atom is 0.233 e. The molecule has 8 heteroatoms. The smallest absolute Gasteiger partial charge is 0.233 e. The van der Waals surface area contributed by atoms with Crippen molar-refractivity contribution in [3.05, 3.63) is 64.7 Å². The van der Waals surface area contributed by atoms with Gasteiger partial charge in [-0.3, -0.25) is 14.4 Å². The number of amides is 1. The maximum absolute atomic E-state index is 13.1. The first-order valence-electron chi connectivity index (χ1n) is 12.1. The quantitative estimate of drug-likeness (QED) is 0.390. The highest BCUT2D eigenvalue weighted by molar-refractivity contribution is 6.30. The molecule has 0 bridgehead atoms. The van der Waals surface area contributed by atoms with E-state index in [1.807, 2.05) is 12.1 Å². The highest BCUT2D eigenvalue weighted by atomic mass is 16.2. The zero-order chi connectivity index (χ0) is 23.9. The SMILES string of the molecule is NCC(=O)NCCCN1CCN(CCCNc2cccc3c2C(=O)c2ccccc2C3=O)CC1. The van der Waals surface area contributed by atoms with Gasteiger partial charge in [0.15, 0.2) is 11.6 Å². The lowest BCUT2D eigenvalue weighted by atomic mass is 9.83. The molecule has 1 aliphatic carbocycles. The summed E-state index contributed by atoms with van der Waals surface area (Å²) < 4.78 is 0. The highest BCUT2D eigenvalue weighted by Gasteiger charge is 2.31. The van der Waals surface area contributed by atoms with Crippen molar-refractivity contribution in [1.82, 2.24) is 15.1 Å². The maximum atomic E-state index is 13.1. The number of benzene rings is 2. The first-order valence-corrected chi connectivity index (χ1v) is 12.1. The Morgan fingerprint density at radius 1 is 0.794 bits per heavy atom. The molecule has 34 heavy (non-hydrogen) atoms. The number of carbonyl (C=O) groups excluding carboxylic acids is 3. The van der Waals surface area contributed by atoms with Gasteiger partial charge in [-0.2, -0.15) is 0 Å². The molecule has 0 radical (unpaired) electrons. The molecule has 0 atom stereocenters. The summed E-state index contributed by atoms with van der Waals surface area (Å²) in [5.74, 6) is -0.282. The molecule has 1 fully saturated rings. The van der Waals surface area contributed by atoms with E-state index in [0.717, 1.165) is 64.3 Å². The van der Waals surface area contributed by atoms with E-state index in [1.165, 1.54) is 0 Å². The molecule has 2 aromatic carbocycles. The van der Waals surface area contributed by atoms with Crippen LogP contribution in [0.15, 0.2) is 42.5 Å². The number of anilines is 1. The lowest BCUT2D eigenvalue weighted by molar-refractivity contribution is -0.119. The van der Waals surface area contributed by atoms with Crippen LogP contribution in [0.2, 0.25) is 0 Å². The molecule has 0 saturated carbocycles. The Hall–Kier alpha value is -3.07. The van der Waals surface area contributed by atoms with Gasteiger partial charge in [-0.1, -0.05) is 36.4 Å². The fourth-order valence-electron chi connectivity index (χ4n) is 4.66. The summed E-state index contributed by atoms with van der Waals surface area (Å²) in [6.45, 7) is 7.53. The summed E-state index contributed by atoms with van der Waals surface area (Å²) in [5.41, 5.74) is 7.96. The third-order valence-corrected chi connectivity index (χ3v) is 6.54. The van der Waals surface area contributed by atoms with E-state index in [-0.39, 0.29) is 24.0 Å². The second kappa shape index (κ2) is 11.4. The first kappa shape index (κ1) is 24.1. The highest BCUT2D eigenvalue weighted by Crippen LogP contribution is 2.31. The number of hydrogen-bond acceptors (Lipinski definition) is 7. The van der Waals surface area contributed by atoms with E-state index in [9.17, 15) is 14.4 Å². The number of ketones is 2. The van der Waals surface area contributed by atoms with Crippen molar-refractivity contribution in [2.45, 2.75) is 12.8 Å². The summed E-state index contributed by atoms with van der Waals surface area (Å²) in [5, 5.41) is 6.21. The third kappa shape index (κ3) is 5.52. The number of fused-ring (bicyclic) bond motifs is 2. The van der Waals surface area contributed by atoms with E-state index in [1.54, 1.807) is 30.3 Å². The molecule has 1 saturated heterocycles. The van der Waals surface area contributed by atoms with Gasteiger partial charge >= 0.3 is 0 Å². The molecule has 1 aliphatic heterocycles. The molecule has 4 rings (SSSR count).